The minimum atomic E-state index is -4.32. The third-order valence-corrected chi connectivity index (χ3v) is 8.81. The van der Waals surface area contributed by atoms with Crippen molar-refractivity contribution in [2.75, 3.05) is 31.7 Å². The average molecular weight is 582 g/mol. The molecule has 5 rings (SSSR count). The number of ether oxygens (including phenoxy) is 2. The van der Waals surface area contributed by atoms with Crippen LogP contribution in [0.3, 0.4) is 0 Å². The third kappa shape index (κ3) is 5.52. The Kier molecular flexibility index (Phi) is 8.04. The molecular formula is C29H28FN3O7S. The van der Waals surface area contributed by atoms with Crippen molar-refractivity contribution in [3.8, 4) is 5.75 Å². The Labute approximate surface area is 236 Å². The number of carbonyl (C=O) groups excluding carboxylic acids is 3. The van der Waals surface area contributed by atoms with Crippen molar-refractivity contribution in [2.45, 2.75) is 29.9 Å². The van der Waals surface area contributed by atoms with E-state index >= 15 is 0 Å². The maximum Gasteiger partial charge on any atom is 0.269 e. The average Bonchev–Trinajstić information content (AvgIpc) is 3.57. The highest BCUT2D eigenvalue weighted by Crippen LogP contribution is 2.36. The topological polar surface area (TPSA) is 122 Å². The minimum Gasteiger partial charge on any atom is -0.495 e. The van der Waals surface area contributed by atoms with Crippen LogP contribution in [-0.4, -0.2) is 63.4 Å². The normalized spacial score (nSPS) is 18.0. The highest BCUT2D eigenvalue weighted by Gasteiger charge is 2.44. The number of halogens is 1. The van der Waals surface area contributed by atoms with E-state index in [0.29, 0.717) is 10.9 Å². The fourth-order valence-electron chi connectivity index (χ4n) is 5.01. The standard InChI is InChI=1S/C29H28FN3O7S/c1-39-24-10-4-3-9-23(24)33(26(34)18-32-29(36)22-8-2-5-11-25(22)41(32,37)38)27(19-12-14-20(30)15-13-19)28(35)31-17-21-7-6-16-40-21/h2-5,8-15,21,27H,6-7,16-18H2,1H3,(H,31,35)/t21-,27-/m1/s1. The van der Waals surface area contributed by atoms with Gasteiger partial charge in [-0.05, 0) is 54.8 Å². The molecule has 3 aromatic rings. The molecule has 1 saturated heterocycles. The second-order valence-electron chi connectivity index (χ2n) is 9.58. The molecule has 2 heterocycles. The lowest BCUT2D eigenvalue weighted by Gasteiger charge is -2.33. The lowest BCUT2D eigenvalue weighted by atomic mass is 10.0. The molecule has 2 aliphatic heterocycles. The first-order valence-electron chi connectivity index (χ1n) is 13.0. The Morgan fingerprint density at radius 1 is 1.10 bits per heavy atom. The molecule has 1 fully saturated rings. The minimum absolute atomic E-state index is 0.0477. The first-order chi connectivity index (χ1) is 19.7. The summed E-state index contributed by atoms with van der Waals surface area (Å²) in [6, 6.07) is 15.8. The van der Waals surface area contributed by atoms with Crippen molar-refractivity contribution in [3.05, 3.63) is 89.7 Å². The number of para-hydroxylation sites is 2. The van der Waals surface area contributed by atoms with Crippen LogP contribution >= 0.6 is 0 Å². The number of sulfonamides is 1. The molecular weight excluding hydrogens is 553 g/mol. The van der Waals surface area contributed by atoms with Gasteiger partial charge in [-0.3, -0.25) is 19.3 Å². The third-order valence-electron chi connectivity index (χ3n) is 7.02. The summed E-state index contributed by atoms with van der Waals surface area (Å²) >= 11 is 0. The maximum atomic E-state index is 14.1. The number of carbonyl (C=O) groups is 3. The Bertz CT molecular complexity index is 1570. The van der Waals surface area contributed by atoms with E-state index in [1.165, 1.54) is 49.6 Å². The number of methoxy groups -OCH3 is 1. The summed E-state index contributed by atoms with van der Waals surface area (Å²) < 4.78 is 52.0. The van der Waals surface area contributed by atoms with Crippen LogP contribution in [0, 0.1) is 5.82 Å². The highest BCUT2D eigenvalue weighted by molar-refractivity contribution is 7.90. The SMILES string of the molecule is COc1ccccc1N(C(=O)CN1C(=O)c2ccccc2S1(=O)=O)[C@@H](C(=O)NC[C@H]1CCCO1)c1ccc(F)cc1. The van der Waals surface area contributed by atoms with E-state index in [9.17, 15) is 27.2 Å². The number of hydrogen-bond acceptors (Lipinski definition) is 7. The predicted molar refractivity (Wildman–Crippen MR) is 146 cm³/mol. The molecule has 12 heteroatoms. The Morgan fingerprint density at radius 3 is 2.49 bits per heavy atom. The number of nitrogens with one attached hydrogen (secondary N) is 1. The van der Waals surface area contributed by atoms with Crippen LogP contribution in [0.4, 0.5) is 10.1 Å². The lowest BCUT2D eigenvalue weighted by molar-refractivity contribution is -0.127. The van der Waals surface area contributed by atoms with Crippen LogP contribution in [0.1, 0.15) is 34.8 Å². The number of anilines is 1. The summed E-state index contributed by atoms with van der Waals surface area (Å²) in [4.78, 5) is 41.9. The van der Waals surface area contributed by atoms with E-state index < -0.39 is 46.1 Å². The summed E-state index contributed by atoms with van der Waals surface area (Å²) in [5, 5.41) is 2.82. The zero-order valence-electron chi connectivity index (χ0n) is 22.2. The van der Waals surface area contributed by atoms with Gasteiger partial charge < -0.3 is 14.8 Å². The van der Waals surface area contributed by atoms with E-state index in [-0.39, 0.29) is 40.1 Å². The lowest BCUT2D eigenvalue weighted by Crippen LogP contribution is -2.49. The van der Waals surface area contributed by atoms with Crippen molar-refractivity contribution in [1.29, 1.82) is 0 Å². The fourth-order valence-corrected chi connectivity index (χ4v) is 6.53. The molecule has 2 aliphatic rings. The first kappa shape index (κ1) is 28.2. The summed E-state index contributed by atoms with van der Waals surface area (Å²) in [6.45, 7) is -0.127. The van der Waals surface area contributed by atoms with Gasteiger partial charge in [-0.15, -0.1) is 0 Å². The molecule has 3 aromatic carbocycles. The van der Waals surface area contributed by atoms with Crippen LogP contribution in [0.25, 0.3) is 0 Å². The van der Waals surface area contributed by atoms with Crippen molar-refractivity contribution >= 4 is 33.4 Å². The highest BCUT2D eigenvalue weighted by atomic mass is 32.2. The van der Waals surface area contributed by atoms with E-state index in [0.717, 1.165) is 29.9 Å². The molecule has 0 aromatic heterocycles. The van der Waals surface area contributed by atoms with Crippen LogP contribution in [0.2, 0.25) is 0 Å². The van der Waals surface area contributed by atoms with Crippen molar-refractivity contribution in [3.63, 3.8) is 0 Å². The van der Waals surface area contributed by atoms with Crippen LogP contribution in [0.15, 0.2) is 77.7 Å². The van der Waals surface area contributed by atoms with Gasteiger partial charge in [0.05, 0.1) is 24.5 Å². The predicted octanol–water partition coefficient (Wildman–Crippen LogP) is 3.05. The van der Waals surface area contributed by atoms with Crippen LogP contribution < -0.4 is 15.0 Å². The zero-order chi connectivity index (χ0) is 29.1. The number of rotatable bonds is 9. The molecule has 1 N–H and O–H groups in total. The van der Waals surface area contributed by atoms with Gasteiger partial charge in [-0.2, -0.15) is 0 Å². The van der Waals surface area contributed by atoms with Gasteiger partial charge in [0, 0.05) is 13.2 Å². The first-order valence-corrected chi connectivity index (χ1v) is 14.4. The molecule has 41 heavy (non-hydrogen) atoms. The molecule has 0 bridgehead atoms. The number of fused-ring (bicyclic) bond motifs is 1. The second kappa shape index (κ2) is 11.7. The van der Waals surface area contributed by atoms with Gasteiger partial charge in [0.2, 0.25) is 11.8 Å². The van der Waals surface area contributed by atoms with Gasteiger partial charge >= 0.3 is 0 Å². The van der Waals surface area contributed by atoms with Gasteiger partial charge in [-0.25, -0.2) is 17.1 Å². The number of benzene rings is 3. The zero-order valence-corrected chi connectivity index (χ0v) is 23.0. The molecule has 3 amide bonds. The van der Waals surface area contributed by atoms with Crippen molar-refractivity contribution in [2.24, 2.45) is 0 Å². The number of amides is 3. The van der Waals surface area contributed by atoms with E-state index in [2.05, 4.69) is 5.32 Å². The van der Waals surface area contributed by atoms with Gasteiger partial charge in [-0.1, -0.05) is 36.4 Å². The summed E-state index contributed by atoms with van der Waals surface area (Å²) in [5.41, 5.74) is 0.367. The Balaban J connectivity index is 1.57. The summed E-state index contributed by atoms with van der Waals surface area (Å²) in [5.74, 6) is -2.66. The van der Waals surface area contributed by atoms with E-state index in [1.807, 2.05) is 0 Å². The molecule has 0 spiro atoms. The fraction of sp³-hybridized carbons (Fsp3) is 0.276. The van der Waals surface area contributed by atoms with E-state index in [4.69, 9.17) is 9.47 Å². The molecule has 0 unspecified atom stereocenters. The van der Waals surface area contributed by atoms with Gasteiger partial charge in [0.25, 0.3) is 15.9 Å². The van der Waals surface area contributed by atoms with Crippen LogP contribution in [0.5, 0.6) is 5.75 Å². The monoisotopic (exact) mass is 581 g/mol. The molecule has 0 saturated carbocycles. The molecule has 2 atom stereocenters. The van der Waals surface area contributed by atoms with Crippen molar-refractivity contribution < 1.29 is 36.7 Å². The Morgan fingerprint density at radius 2 is 1.80 bits per heavy atom. The molecule has 10 nitrogen and oxygen atoms in total. The summed E-state index contributed by atoms with van der Waals surface area (Å²) in [6.07, 6.45) is 1.41. The van der Waals surface area contributed by atoms with Crippen LogP contribution in [-0.2, 0) is 24.3 Å². The number of hydrogen-bond donors (Lipinski definition) is 1. The second-order valence-corrected chi connectivity index (χ2v) is 11.4. The smallest absolute Gasteiger partial charge is 0.269 e. The molecule has 214 valence electrons. The summed E-state index contributed by atoms with van der Waals surface area (Å²) in [7, 11) is -2.94. The van der Waals surface area contributed by atoms with E-state index in [1.54, 1.807) is 18.2 Å². The van der Waals surface area contributed by atoms with Crippen molar-refractivity contribution in [1.82, 2.24) is 9.62 Å². The van der Waals surface area contributed by atoms with Gasteiger partial charge in [0.1, 0.15) is 29.0 Å². The molecule has 0 aliphatic carbocycles. The largest absolute Gasteiger partial charge is 0.495 e. The Hall–Kier alpha value is -4.29. The quantitative estimate of drug-likeness (QED) is 0.412. The number of nitrogens with zero attached hydrogens (tertiary/aromatic N) is 2. The maximum absolute atomic E-state index is 14.1. The van der Waals surface area contributed by atoms with Gasteiger partial charge in [0.15, 0.2) is 0 Å². The molecule has 0 radical (unpaired) electrons.